The van der Waals surface area contributed by atoms with Gasteiger partial charge in [-0.25, -0.2) is 0 Å². The zero-order chi connectivity index (χ0) is 18.9. The second-order valence-corrected chi connectivity index (χ2v) is 7.07. The standard InChI is InChI=1S/C22H22N2O3/c1-27-17-9-13-24(14-17)15-18-20-16(6-5-7-19(20)23-21(18)25)8-12-22(26)10-3-2-4-11-22/h5-7,9,13-15,26H,2-4,10-11H2,1H3,(H,23,25). The molecule has 27 heavy (non-hydrogen) atoms. The molecule has 2 aliphatic rings. The van der Waals surface area contributed by atoms with Crippen molar-refractivity contribution in [2.75, 3.05) is 12.4 Å². The fourth-order valence-corrected chi connectivity index (χ4v) is 3.67. The molecule has 1 fully saturated rings. The maximum absolute atomic E-state index is 12.5. The van der Waals surface area contributed by atoms with Crippen LogP contribution in [0.25, 0.3) is 11.8 Å². The van der Waals surface area contributed by atoms with Crippen LogP contribution in [0.15, 0.2) is 36.7 Å². The normalized spacial score (nSPS) is 19.2. The molecule has 1 saturated carbocycles. The molecular weight excluding hydrogens is 340 g/mol. The summed E-state index contributed by atoms with van der Waals surface area (Å²) in [7, 11) is 1.61. The molecule has 0 radical (unpaired) electrons. The molecule has 1 amide bonds. The first-order valence-electron chi connectivity index (χ1n) is 9.22. The highest BCUT2D eigenvalue weighted by Crippen LogP contribution is 2.35. The number of carbonyl (C=O) groups is 1. The van der Waals surface area contributed by atoms with E-state index in [-0.39, 0.29) is 5.91 Å². The highest BCUT2D eigenvalue weighted by molar-refractivity contribution is 6.34. The Morgan fingerprint density at radius 3 is 2.81 bits per heavy atom. The number of fused-ring (bicyclic) bond motifs is 1. The van der Waals surface area contributed by atoms with E-state index >= 15 is 0 Å². The van der Waals surface area contributed by atoms with Gasteiger partial charge in [-0.15, -0.1) is 0 Å². The van der Waals surface area contributed by atoms with E-state index < -0.39 is 5.60 Å². The van der Waals surface area contributed by atoms with Crippen LogP contribution in [-0.2, 0) is 4.79 Å². The van der Waals surface area contributed by atoms with Gasteiger partial charge in [-0.05, 0) is 43.9 Å². The molecule has 2 N–H and O–H groups in total. The lowest BCUT2D eigenvalue weighted by molar-refractivity contribution is -0.110. The van der Waals surface area contributed by atoms with Gasteiger partial charge >= 0.3 is 0 Å². The highest BCUT2D eigenvalue weighted by atomic mass is 16.5. The summed E-state index contributed by atoms with van der Waals surface area (Å²) in [6, 6.07) is 7.46. The number of hydrogen-bond acceptors (Lipinski definition) is 3. The molecule has 0 saturated heterocycles. The third kappa shape index (κ3) is 3.49. The fourth-order valence-electron chi connectivity index (χ4n) is 3.67. The zero-order valence-electron chi connectivity index (χ0n) is 15.3. The van der Waals surface area contributed by atoms with Gasteiger partial charge in [-0.3, -0.25) is 4.79 Å². The lowest BCUT2D eigenvalue weighted by atomic mass is 9.85. The summed E-state index contributed by atoms with van der Waals surface area (Å²) in [6.07, 6.45) is 9.96. The van der Waals surface area contributed by atoms with Gasteiger partial charge in [-0.1, -0.05) is 24.3 Å². The van der Waals surface area contributed by atoms with E-state index in [1.54, 1.807) is 24.1 Å². The van der Waals surface area contributed by atoms with Crippen LogP contribution in [0.5, 0.6) is 5.75 Å². The van der Waals surface area contributed by atoms with Gasteiger partial charge in [0.1, 0.15) is 11.4 Å². The summed E-state index contributed by atoms with van der Waals surface area (Å²) in [6.45, 7) is 0. The van der Waals surface area contributed by atoms with Gasteiger partial charge in [0.2, 0.25) is 0 Å². The van der Waals surface area contributed by atoms with Crippen molar-refractivity contribution >= 4 is 23.4 Å². The number of carbonyl (C=O) groups excluding carboxylic acids is 1. The summed E-state index contributed by atoms with van der Waals surface area (Å²) < 4.78 is 6.99. The number of rotatable bonds is 2. The summed E-state index contributed by atoms with van der Waals surface area (Å²) >= 11 is 0. The van der Waals surface area contributed by atoms with E-state index in [1.807, 2.05) is 30.5 Å². The number of anilines is 1. The quantitative estimate of drug-likeness (QED) is 0.635. The van der Waals surface area contributed by atoms with Crippen molar-refractivity contribution in [3.8, 4) is 17.6 Å². The van der Waals surface area contributed by atoms with Crippen LogP contribution in [-0.4, -0.2) is 28.3 Å². The second kappa shape index (κ2) is 6.98. The number of aromatic nitrogens is 1. The van der Waals surface area contributed by atoms with E-state index in [0.717, 1.165) is 41.8 Å². The van der Waals surface area contributed by atoms with Crippen LogP contribution in [0.1, 0.15) is 43.2 Å². The van der Waals surface area contributed by atoms with Crippen LogP contribution in [0.2, 0.25) is 0 Å². The molecule has 0 atom stereocenters. The zero-order valence-corrected chi connectivity index (χ0v) is 15.3. The second-order valence-electron chi connectivity index (χ2n) is 7.07. The van der Waals surface area contributed by atoms with Crippen LogP contribution in [0.4, 0.5) is 5.69 Å². The van der Waals surface area contributed by atoms with Gasteiger partial charge in [0.25, 0.3) is 5.91 Å². The molecule has 1 aliphatic heterocycles. The third-order valence-electron chi connectivity index (χ3n) is 5.14. The Morgan fingerprint density at radius 1 is 1.26 bits per heavy atom. The summed E-state index contributed by atoms with van der Waals surface area (Å²) in [4.78, 5) is 12.5. The van der Waals surface area contributed by atoms with E-state index in [9.17, 15) is 9.90 Å². The van der Waals surface area contributed by atoms with Crippen LogP contribution in [0.3, 0.4) is 0 Å². The minimum absolute atomic E-state index is 0.164. The smallest absolute Gasteiger partial charge is 0.257 e. The Balaban J connectivity index is 1.73. The molecule has 4 rings (SSSR count). The van der Waals surface area contributed by atoms with Crippen LogP contribution in [0, 0.1) is 11.8 Å². The molecule has 5 nitrogen and oxygen atoms in total. The number of amides is 1. The maximum atomic E-state index is 12.5. The van der Waals surface area contributed by atoms with Crippen LogP contribution >= 0.6 is 0 Å². The number of methoxy groups -OCH3 is 1. The Bertz CT molecular complexity index is 969. The van der Waals surface area contributed by atoms with Crippen molar-refractivity contribution in [2.24, 2.45) is 0 Å². The molecule has 0 bridgehead atoms. The van der Waals surface area contributed by atoms with Gasteiger partial charge in [-0.2, -0.15) is 0 Å². The van der Waals surface area contributed by atoms with E-state index in [2.05, 4.69) is 17.2 Å². The summed E-state index contributed by atoms with van der Waals surface area (Å²) in [5.74, 6) is 6.77. The predicted octanol–water partition coefficient (Wildman–Crippen LogP) is 3.49. The highest BCUT2D eigenvalue weighted by Gasteiger charge is 2.28. The average molecular weight is 362 g/mol. The lowest BCUT2D eigenvalue weighted by Gasteiger charge is -2.26. The van der Waals surface area contributed by atoms with Gasteiger partial charge in [0.15, 0.2) is 0 Å². The van der Waals surface area contributed by atoms with Crippen molar-refractivity contribution in [3.63, 3.8) is 0 Å². The topological polar surface area (TPSA) is 63.5 Å². The van der Waals surface area contributed by atoms with Crippen molar-refractivity contribution < 1.29 is 14.6 Å². The van der Waals surface area contributed by atoms with E-state index in [4.69, 9.17) is 4.74 Å². The average Bonchev–Trinajstić information content (AvgIpc) is 3.25. The monoisotopic (exact) mass is 362 g/mol. The van der Waals surface area contributed by atoms with E-state index in [0.29, 0.717) is 18.4 Å². The largest absolute Gasteiger partial charge is 0.495 e. The van der Waals surface area contributed by atoms with Crippen molar-refractivity contribution in [1.29, 1.82) is 0 Å². The molecule has 1 aromatic carbocycles. The van der Waals surface area contributed by atoms with Gasteiger partial charge < -0.3 is 19.7 Å². The summed E-state index contributed by atoms with van der Waals surface area (Å²) in [5.41, 5.74) is 1.89. The molecule has 1 aromatic heterocycles. The predicted molar refractivity (Wildman–Crippen MR) is 105 cm³/mol. The first-order valence-corrected chi connectivity index (χ1v) is 9.22. The minimum Gasteiger partial charge on any atom is -0.495 e. The number of benzene rings is 1. The van der Waals surface area contributed by atoms with Gasteiger partial charge in [0.05, 0.1) is 24.6 Å². The number of hydrogen-bond donors (Lipinski definition) is 2. The first kappa shape index (κ1) is 17.4. The Labute approximate surface area is 158 Å². The van der Waals surface area contributed by atoms with Crippen molar-refractivity contribution in [2.45, 2.75) is 37.7 Å². The molecule has 1 aliphatic carbocycles. The molecule has 2 heterocycles. The molecule has 138 valence electrons. The lowest BCUT2D eigenvalue weighted by Crippen LogP contribution is -2.29. The van der Waals surface area contributed by atoms with Crippen molar-refractivity contribution in [1.82, 2.24) is 4.57 Å². The SMILES string of the molecule is COc1ccn(C=C2C(=O)Nc3cccc(C#CC4(O)CCCCC4)c32)c1. The number of ether oxygens (including phenoxy) is 1. The molecule has 0 unspecified atom stereocenters. The maximum Gasteiger partial charge on any atom is 0.257 e. The molecule has 5 heteroatoms. The minimum atomic E-state index is -0.922. The number of aliphatic hydroxyl groups is 1. The van der Waals surface area contributed by atoms with E-state index in [1.165, 1.54) is 0 Å². The fraction of sp³-hybridized carbons (Fsp3) is 0.318. The van der Waals surface area contributed by atoms with Crippen molar-refractivity contribution in [3.05, 3.63) is 47.8 Å². The number of nitrogens with zero attached hydrogens (tertiary/aromatic N) is 1. The first-order chi connectivity index (χ1) is 13.1. The molecular formula is C22H22N2O3. The van der Waals surface area contributed by atoms with Crippen LogP contribution < -0.4 is 10.1 Å². The summed E-state index contributed by atoms with van der Waals surface area (Å²) in [5, 5.41) is 13.6. The Morgan fingerprint density at radius 2 is 2.07 bits per heavy atom. The molecule has 0 spiro atoms. The third-order valence-corrected chi connectivity index (χ3v) is 5.14. The molecule has 2 aromatic rings. The Kier molecular flexibility index (Phi) is 4.51. The Hall–Kier alpha value is -2.97. The van der Waals surface area contributed by atoms with Gasteiger partial charge in [0, 0.05) is 23.5 Å². The number of nitrogens with one attached hydrogen (secondary N) is 1.